The monoisotopic (exact) mass is 218 g/mol. The van der Waals surface area contributed by atoms with Crippen molar-refractivity contribution in [1.82, 2.24) is 0 Å². The van der Waals surface area contributed by atoms with E-state index < -0.39 is 0 Å². The summed E-state index contributed by atoms with van der Waals surface area (Å²) in [7, 11) is 0. The highest BCUT2D eigenvalue weighted by Gasteiger charge is 2.05. The maximum Gasteiger partial charge on any atom is 0.0308 e. The second-order valence-electron chi connectivity index (χ2n) is 3.91. The van der Waals surface area contributed by atoms with Gasteiger partial charge < -0.3 is 0 Å². The van der Waals surface area contributed by atoms with Crippen molar-refractivity contribution in [2.24, 2.45) is 0 Å². The van der Waals surface area contributed by atoms with Crippen molar-refractivity contribution in [3.8, 4) is 11.8 Å². The molecule has 0 aliphatic heterocycles. The van der Waals surface area contributed by atoms with Gasteiger partial charge >= 0.3 is 0 Å². The summed E-state index contributed by atoms with van der Waals surface area (Å²) < 4.78 is 0. The van der Waals surface area contributed by atoms with Crippen LogP contribution in [0.25, 0.3) is 0 Å². The Labute approximate surface area is 98.5 Å². The van der Waals surface area contributed by atoms with E-state index in [4.69, 9.17) is 0 Å². The first-order chi connectivity index (χ1) is 7.07. The lowest BCUT2D eigenvalue weighted by Gasteiger charge is -2.10. The van der Waals surface area contributed by atoms with Crippen LogP contribution >= 0.6 is 12.6 Å². The van der Waals surface area contributed by atoms with Crippen molar-refractivity contribution in [2.45, 2.75) is 34.1 Å². The van der Waals surface area contributed by atoms with E-state index in [1.165, 1.54) is 27.8 Å². The molecule has 1 aromatic carbocycles. The molecule has 80 valence electrons. The second kappa shape index (κ2) is 5.28. The molecule has 0 atom stereocenters. The Balaban J connectivity index is 3.23. The van der Waals surface area contributed by atoms with E-state index in [0.29, 0.717) is 0 Å². The van der Waals surface area contributed by atoms with Crippen LogP contribution in [-0.2, 0) is 0 Å². The zero-order chi connectivity index (χ0) is 11.4. The van der Waals surface area contributed by atoms with Crippen LogP contribution in [0.3, 0.4) is 0 Å². The first-order valence-corrected chi connectivity index (χ1v) is 5.88. The summed E-state index contributed by atoms with van der Waals surface area (Å²) in [4.78, 5) is 0. The van der Waals surface area contributed by atoms with Crippen molar-refractivity contribution in [1.29, 1.82) is 0 Å². The topological polar surface area (TPSA) is 0 Å². The molecule has 15 heavy (non-hydrogen) atoms. The van der Waals surface area contributed by atoms with E-state index in [0.717, 1.165) is 12.2 Å². The highest BCUT2D eigenvalue weighted by Crippen LogP contribution is 2.20. The van der Waals surface area contributed by atoms with Crippen molar-refractivity contribution in [2.75, 3.05) is 5.75 Å². The van der Waals surface area contributed by atoms with Crippen LogP contribution in [-0.4, -0.2) is 5.75 Å². The zero-order valence-corrected chi connectivity index (χ0v) is 10.8. The Kier molecular flexibility index (Phi) is 4.29. The lowest BCUT2D eigenvalue weighted by atomic mass is 9.94. The van der Waals surface area contributed by atoms with Crippen LogP contribution in [0.1, 0.15) is 34.2 Å². The average molecular weight is 218 g/mol. The van der Waals surface area contributed by atoms with Gasteiger partial charge in [-0.05, 0) is 49.9 Å². The van der Waals surface area contributed by atoms with Gasteiger partial charge in [-0.1, -0.05) is 17.9 Å². The molecule has 0 saturated heterocycles. The predicted octanol–water partition coefficient (Wildman–Crippen LogP) is 3.59. The van der Waals surface area contributed by atoms with E-state index in [2.05, 4.69) is 58.2 Å². The molecule has 0 N–H and O–H groups in total. The summed E-state index contributed by atoms with van der Waals surface area (Å²) in [6.45, 7) is 8.58. The van der Waals surface area contributed by atoms with Gasteiger partial charge in [-0.25, -0.2) is 0 Å². The Morgan fingerprint density at radius 1 is 1.07 bits per heavy atom. The van der Waals surface area contributed by atoms with Crippen LogP contribution in [0.15, 0.2) is 6.07 Å². The molecule has 0 unspecified atom stereocenters. The largest absolute Gasteiger partial charge is 0.178 e. The van der Waals surface area contributed by atoms with Crippen molar-refractivity contribution >= 4 is 12.6 Å². The van der Waals surface area contributed by atoms with Crippen LogP contribution in [0.4, 0.5) is 0 Å². The molecule has 0 radical (unpaired) electrons. The Hall–Kier alpha value is -0.870. The second-order valence-corrected chi connectivity index (χ2v) is 4.36. The minimum absolute atomic E-state index is 0.829. The summed E-state index contributed by atoms with van der Waals surface area (Å²) in [5.74, 6) is 7.26. The molecule has 0 nitrogen and oxygen atoms in total. The fourth-order valence-electron chi connectivity index (χ4n) is 1.61. The van der Waals surface area contributed by atoms with Gasteiger partial charge in [0.2, 0.25) is 0 Å². The minimum Gasteiger partial charge on any atom is -0.178 e. The standard InChI is InChI=1S/C14H18S/c1-10-9-11(2)13(4)14(12(10)3)7-5-6-8-15/h9,15H,6,8H2,1-4H3. The minimum atomic E-state index is 0.829. The van der Waals surface area contributed by atoms with Gasteiger partial charge in [-0.3, -0.25) is 0 Å². The first-order valence-electron chi connectivity index (χ1n) is 5.25. The summed E-state index contributed by atoms with van der Waals surface area (Å²) in [5, 5.41) is 0. The number of thiol groups is 1. The van der Waals surface area contributed by atoms with Gasteiger partial charge in [0, 0.05) is 17.7 Å². The lowest BCUT2D eigenvalue weighted by Crippen LogP contribution is -1.95. The number of benzene rings is 1. The van der Waals surface area contributed by atoms with Crippen molar-refractivity contribution < 1.29 is 0 Å². The SMILES string of the molecule is Cc1cc(C)c(C)c(C#CCCS)c1C. The van der Waals surface area contributed by atoms with E-state index in [1.54, 1.807) is 0 Å². The number of rotatable bonds is 1. The highest BCUT2D eigenvalue weighted by molar-refractivity contribution is 7.80. The third-order valence-corrected chi connectivity index (χ3v) is 3.04. The summed E-state index contributed by atoms with van der Waals surface area (Å²) >= 11 is 4.16. The number of hydrogen-bond acceptors (Lipinski definition) is 1. The van der Waals surface area contributed by atoms with E-state index in [9.17, 15) is 0 Å². The van der Waals surface area contributed by atoms with Gasteiger partial charge in [0.1, 0.15) is 0 Å². The Morgan fingerprint density at radius 2 is 1.60 bits per heavy atom. The molecular weight excluding hydrogens is 200 g/mol. The molecule has 0 saturated carbocycles. The normalized spacial score (nSPS) is 9.67. The Bertz CT molecular complexity index is 393. The van der Waals surface area contributed by atoms with E-state index >= 15 is 0 Å². The smallest absolute Gasteiger partial charge is 0.0308 e. The summed E-state index contributed by atoms with van der Waals surface area (Å²) in [6.07, 6.45) is 0.856. The number of hydrogen-bond donors (Lipinski definition) is 1. The van der Waals surface area contributed by atoms with E-state index in [-0.39, 0.29) is 0 Å². The maximum atomic E-state index is 4.16. The van der Waals surface area contributed by atoms with Crippen molar-refractivity contribution in [3.63, 3.8) is 0 Å². The van der Waals surface area contributed by atoms with Gasteiger partial charge in [0.15, 0.2) is 0 Å². The molecule has 1 heteroatoms. The van der Waals surface area contributed by atoms with Gasteiger partial charge in [0.05, 0.1) is 0 Å². The fraction of sp³-hybridized carbons (Fsp3) is 0.429. The molecular formula is C14H18S. The molecule has 1 aromatic rings. The molecule has 0 heterocycles. The molecule has 0 fully saturated rings. The molecule has 0 aliphatic rings. The maximum absolute atomic E-state index is 4.16. The van der Waals surface area contributed by atoms with Crippen LogP contribution in [0, 0.1) is 39.5 Å². The Morgan fingerprint density at radius 3 is 2.07 bits per heavy atom. The highest BCUT2D eigenvalue weighted by atomic mass is 32.1. The molecule has 0 aliphatic carbocycles. The quantitative estimate of drug-likeness (QED) is 0.540. The third kappa shape index (κ3) is 2.79. The summed E-state index contributed by atoms with van der Waals surface area (Å²) in [5.41, 5.74) is 6.48. The summed E-state index contributed by atoms with van der Waals surface area (Å²) in [6, 6.07) is 2.23. The van der Waals surface area contributed by atoms with Gasteiger partial charge in [-0.15, -0.1) is 0 Å². The zero-order valence-electron chi connectivity index (χ0n) is 9.94. The third-order valence-electron chi connectivity index (χ3n) is 2.82. The van der Waals surface area contributed by atoms with Crippen LogP contribution in [0.2, 0.25) is 0 Å². The van der Waals surface area contributed by atoms with Gasteiger partial charge in [0.25, 0.3) is 0 Å². The number of aryl methyl sites for hydroxylation is 2. The fourth-order valence-corrected chi connectivity index (χ4v) is 1.72. The molecule has 0 aromatic heterocycles. The average Bonchev–Trinajstić information content (AvgIpc) is 2.20. The van der Waals surface area contributed by atoms with Gasteiger partial charge in [-0.2, -0.15) is 12.6 Å². The molecule has 0 amide bonds. The van der Waals surface area contributed by atoms with Crippen LogP contribution < -0.4 is 0 Å². The van der Waals surface area contributed by atoms with E-state index in [1.807, 2.05) is 0 Å². The van der Waals surface area contributed by atoms with Crippen LogP contribution in [0.5, 0.6) is 0 Å². The predicted molar refractivity (Wildman–Crippen MR) is 70.7 cm³/mol. The molecule has 0 bridgehead atoms. The van der Waals surface area contributed by atoms with Crippen molar-refractivity contribution in [3.05, 3.63) is 33.9 Å². The lowest BCUT2D eigenvalue weighted by molar-refractivity contribution is 1.22. The molecule has 1 rings (SSSR count). The molecule has 0 spiro atoms. The first kappa shape index (κ1) is 12.2.